The van der Waals surface area contributed by atoms with Crippen molar-refractivity contribution in [2.24, 2.45) is 39.4 Å². The van der Waals surface area contributed by atoms with Gasteiger partial charge in [-0.05, 0) is 79.1 Å². The molecule has 4 aliphatic carbocycles. The molecule has 1 heterocycles. The highest BCUT2D eigenvalue weighted by Gasteiger charge is 2.69. The van der Waals surface area contributed by atoms with Crippen LogP contribution in [0.25, 0.3) is 0 Å². The Hall–Kier alpha value is -1.36. The van der Waals surface area contributed by atoms with Gasteiger partial charge < -0.3 is 14.6 Å². The second-order valence-electron chi connectivity index (χ2n) is 12.6. The van der Waals surface area contributed by atoms with Gasteiger partial charge in [-0.15, -0.1) is 0 Å². The highest BCUT2D eigenvalue weighted by molar-refractivity contribution is 5.93. The maximum atomic E-state index is 12.7. The predicted molar refractivity (Wildman–Crippen MR) is 120 cm³/mol. The average Bonchev–Trinajstić information content (AvgIpc) is 3.10. The topological polar surface area (TPSA) is 72.8 Å². The summed E-state index contributed by atoms with van der Waals surface area (Å²) in [6.07, 6.45) is 7.79. The molecular weight excluding hydrogens is 404 g/mol. The monoisotopic (exact) mass is 444 g/mol. The summed E-state index contributed by atoms with van der Waals surface area (Å²) in [5.41, 5.74) is 1.60. The van der Waals surface area contributed by atoms with Crippen molar-refractivity contribution in [2.75, 3.05) is 13.2 Å². The number of esters is 2. The number of aliphatic hydroxyl groups excluding tert-OH is 1. The molecule has 3 fully saturated rings. The van der Waals surface area contributed by atoms with E-state index in [2.05, 4.69) is 27.7 Å². The van der Waals surface area contributed by atoms with E-state index < -0.39 is 11.5 Å². The van der Waals surface area contributed by atoms with E-state index in [1.54, 1.807) is 0 Å². The highest BCUT2D eigenvalue weighted by Crippen LogP contribution is 2.73. The first-order valence-electron chi connectivity index (χ1n) is 12.7. The highest BCUT2D eigenvalue weighted by atomic mass is 16.5. The van der Waals surface area contributed by atoms with E-state index in [1.165, 1.54) is 13.3 Å². The smallest absolute Gasteiger partial charge is 0.335 e. The Morgan fingerprint density at radius 3 is 2.50 bits per heavy atom. The number of rotatable bonds is 2. The summed E-state index contributed by atoms with van der Waals surface area (Å²) in [4.78, 5) is 24.4. The summed E-state index contributed by atoms with van der Waals surface area (Å²) >= 11 is 0. The summed E-state index contributed by atoms with van der Waals surface area (Å²) < 4.78 is 11.0. The van der Waals surface area contributed by atoms with Gasteiger partial charge in [0.15, 0.2) is 0 Å². The van der Waals surface area contributed by atoms with Crippen LogP contribution in [0.3, 0.4) is 0 Å². The molecular formula is C27H40O5. The van der Waals surface area contributed by atoms with Gasteiger partial charge in [-0.2, -0.15) is 0 Å². The van der Waals surface area contributed by atoms with Crippen molar-refractivity contribution in [2.45, 2.75) is 92.1 Å². The number of cyclic esters (lactones) is 1. The molecule has 5 rings (SSSR count). The van der Waals surface area contributed by atoms with Gasteiger partial charge in [0, 0.05) is 23.3 Å². The zero-order chi connectivity index (χ0) is 23.1. The van der Waals surface area contributed by atoms with Crippen molar-refractivity contribution >= 4 is 11.9 Å². The molecule has 5 nitrogen and oxygen atoms in total. The molecule has 1 N–H and O–H groups in total. The zero-order valence-electron chi connectivity index (χ0n) is 20.5. The number of aliphatic hydroxyl groups is 1. The van der Waals surface area contributed by atoms with Gasteiger partial charge in [0.25, 0.3) is 0 Å². The van der Waals surface area contributed by atoms with Gasteiger partial charge in [-0.1, -0.05) is 34.1 Å². The maximum Gasteiger partial charge on any atom is 0.335 e. The molecule has 0 bridgehead atoms. The molecule has 1 unspecified atom stereocenters. The van der Waals surface area contributed by atoms with E-state index >= 15 is 0 Å². The third-order valence-electron chi connectivity index (χ3n) is 11.1. The SMILES string of the molecule is CC(=O)OC[C@]1(C)CCC[C@@]2(C)C1CC[C@@]1(C)[C@@H]3CCC4=C(C(=O)OC4)[C@@]3(C)[C@H](O)C[C@@H]12. The van der Waals surface area contributed by atoms with Gasteiger partial charge in [0.05, 0.1) is 12.7 Å². The Kier molecular flexibility index (Phi) is 4.96. The van der Waals surface area contributed by atoms with Crippen molar-refractivity contribution in [1.82, 2.24) is 0 Å². The minimum atomic E-state index is -0.529. The van der Waals surface area contributed by atoms with Crippen LogP contribution >= 0.6 is 0 Å². The Balaban J connectivity index is 1.53. The van der Waals surface area contributed by atoms with Gasteiger partial charge in [-0.3, -0.25) is 4.79 Å². The fourth-order valence-corrected chi connectivity index (χ4v) is 9.80. The Bertz CT molecular complexity index is 877. The second-order valence-corrected chi connectivity index (χ2v) is 12.6. The van der Waals surface area contributed by atoms with E-state index in [0.29, 0.717) is 25.0 Å². The molecule has 32 heavy (non-hydrogen) atoms. The molecule has 5 heteroatoms. The van der Waals surface area contributed by atoms with Crippen molar-refractivity contribution < 1.29 is 24.2 Å². The summed E-state index contributed by atoms with van der Waals surface area (Å²) in [6, 6.07) is 0. The predicted octanol–water partition coefficient (Wildman–Crippen LogP) is 4.81. The number of hydrogen-bond acceptors (Lipinski definition) is 5. The van der Waals surface area contributed by atoms with E-state index in [4.69, 9.17) is 9.47 Å². The molecule has 0 spiro atoms. The molecule has 0 aromatic rings. The van der Waals surface area contributed by atoms with Crippen LogP contribution in [0, 0.1) is 39.4 Å². The van der Waals surface area contributed by atoms with Crippen LogP contribution in [0.15, 0.2) is 11.1 Å². The van der Waals surface area contributed by atoms with Crippen LogP contribution in [0.5, 0.6) is 0 Å². The summed E-state index contributed by atoms with van der Waals surface area (Å²) in [7, 11) is 0. The molecule has 3 saturated carbocycles. The molecule has 0 amide bonds. The lowest BCUT2D eigenvalue weighted by Crippen LogP contribution is -2.66. The van der Waals surface area contributed by atoms with E-state index in [1.807, 2.05) is 0 Å². The molecule has 5 aliphatic rings. The average molecular weight is 445 g/mol. The van der Waals surface area contributed by atoms with Crippen LogP contribution in [0.1, 0.15) is 86.0 Å². The Morgan fingerprint density at radius 2 is 1.78 bits per heavy atom. The molecule has 178 valence electrons. The Morgan fingerprint density at radius 1 is 1.06 bits per heavy atom. The molecule has 8 atom stereocenters. The molecule has 0 aromatic carbocycles. The minimum Gasteiger partial charge on any atom is -0.465 e. The molecule has 1 aliphatic heterocycles. The van der Waals surface area contributed by atoms with Crippen LogP contribution < -0.4 is 0 Å². The normalized spacial score (nSPS) is 50.0. The number of carbonyl (C=O) groups excluding carboxylic acids is 2. The molecule has 0 saturated heterocycles. The van der Waals surface area contributed by atoms with Crippen molar-refractivity contribution in [1.29, 1.82) is 0 Å². The lowest BCUT2D eigenvalue weighted by molar-refractivity contribution is -0.224. The Labute approximate surface area is 192 Å². The van der Waals surface area contributed by atoms with Crippen LogP contribution in [-0.2, 0) is 19.1 Å². The largest absolute Gasteiger partial charge is 0.465 e. The lowest BCUT2D eigenvalue weighted by Gasteiger charge is -2.70. The van der Waals surface area contributed by atoms with E-state index in [-0.39, 0.29) is 34.1 Å². The van der Waals surface area contributed by atoms with Crippen LogP contribution in [0.2, 0.25) is 0 Å². The standard InChI is InChI=1S/C27H40O5/c1-16(28)32-15-24(2)10-6-11-25(3)18(24)9-12-26(4)19-8-7-17-14-31-23(30)22(17)27(19,5)21(29)13-20(25)26/h18-21,29H,6-15H2,1-5H3/t18?,19-,20+,21+,24-,25-,26-,27+/m0/s1. The van der Waals surface area contributed by atoms with Gasteiger partial charge >= 0.3 is 11.9 Å². The number of ether oxygens (including phenoxy) is 2. The third kappa shape index (κ3) is 2.78. The molecule has 0 radical (unpaired) electrons. The summed E-state index contributed by atoms with van der Waals surface area (Å²) in [5.74, 6) is 0.774. The number of hydrogen-bond donors (Lipinski definition) is 1. The van der Waals surface area contributed by atoms with E-state index in [9.17, 15) is 14.7 Å². The lowest BCUT2D eigenvalue weighted by atomic mass is 9.35. The minimum absolute atomic E-state index is 0.0107. The number of carbonyl (C=O) groups is 2. The van der Waals surface area contributed by atoms with Crippen LogP contribution in [-0.4, -0.2) is 36.4 Å². The summed E-state index contributed by atoms with van der Waals surface area (Å²) in [6.45, 7) is 11.8. The molecule has 0 aromatic heterocycles. The van der Waals surface area contributed by atoms with Gasteiger partial charge in [0.2, 0.25) is 0 Å². The third-order valence-corrected chi connectivity index (χ3v) is 11.1. The first-order chi connectivity index (χ1) is 15.0. The van der Waals surface area contributed by atoms with Crippen LogP contribution in [0.4, 0.5) is 0 Å². The van der Waals surface area contributed by atoms with Crippen molar-refractivity contribution in [3.63, 3.8) is 0 Å². The van der Waals surface area contributed by atoms with Crippen molar-refractivity contribution in [3.05, 3.63) is 11.1 Å². The summed E-state index contributed by atoms with van der Waals surface area (Å²) in [5, 5.41) is 11.7. The number of fused-ring (bicyclic) bond motifs is 6. The fraction of sp³-hybridized carbons (Fsp3) is 0.852. The van der Waals surface area contributed by atoms with E-state index in [0.717, 1.165) is 56.1 Å². The fourth-order valence-electron chi connectivity index (χ4n) is 9.80. The second kappa shape index (κ2) is 7.07. The quantitative estimate of drug-likeness (QED) is 0.619. The van der Waals surface area contributed by atoms with Gasteiger partial charge in [0.1, 0.15) is 6.61 Å². The van der Waals surface area contributed by atoms with Gasteiger partial charge in [-0.25, -0.2) is 4.79 Å². The first kappa shape index (κ1) is 22.4. The van der Waals surface area contributed by atoms with Crippen molar-refractivity contribution in [3.8, 4) is 0 Å². The maximum absolute atomic E-state index is 12.7. The first-order valence-corrected chi connectivity index (χ1v) is 12.7. The zero-order valence-corrected chi connectivity index (χ0v) is 20.5.